The Bertz CT molecular complexity index is 341. The van der Waals surface area contributed by atoms with E-state index >= 15 is 0 Å². The fourth-order valence-corrected chi connectivity index (χ4v) is 1.41. The van der Waals surface area contributed by atoms with E-state index in [-0.39, 0.29) is 11.1 Å². The van der Waals surface area contributed by atoms with Crippen LogP contribution in [0.3, 0.4) is 0 Å². The first-order valence-electron chi connectivity index (χ1n) is 4.07. The third-order valence-electron chi connectivity index (χ3n) is 1.83. The third-order valence-corrected chi connectivity index (χ3v) is 2.29. The van der Waals surface area contributed by atoms with Gasteiger partial charge in [-0.15, -0.1) is 0 Å². The summed E-state index contributed by atoms with van der Waals surface area (Å²) in [6.07, 6.45) is -4.48. The van der Waals surface area contributed by atoms with E-state index in [0.29, 0.717) is 5.69 Å². The Morgan fingerprint density at radius 3 is 2.07 bits per heavy atom. The molecule has 0 amide bonds. The number of aromatic nitrogens is 2. The summed E-state index contributed by atoms with van der Waals surface area (Å²) >= 11 is 5.54. The Morgan fingerprint density at radius 2 is 1.86 bits per heavy atom. The number of rotatable bonds is 1. The lowest BCUT2D eigenvalue weighted by Gasteiger charge is -2.07. The monoisotopic (exact) mass is 226 g/mol. The molecule has 0 N–H and O–H groups in total. The van der Waals surface area contributed by atoms with E-state index in [1.165, 1.54) is 11.6 Å². The molecule has 0 saturated carbocycles. The highest BCUT2D eigenvalue weighted by Crippen LogP contribution is 2.35. The molecule has 0 unspecified atom stereocenters. The summed E-state index contributed by atoms with van der Waals surface area (Å²) in [7, 11) is 0. The number of hydrogen-bond acceptors (Lipinski definition) is 1. The van der Waals surface area contributed by atoms with Crippen molar-refractivity contribution in [1.82, 2.24) is 9.78 Å². The van der Waals surface area contributed by atoms with Crippen molar-refractivity contribution in [3.8, 4) is 0 Å². The van der Waals surface area contributed by atoms with Gasteiger partial charge in [0.2, 0.25) is 0 Å². The summed E-state index contributed by atoms with van der Waals surface area (Å²) in [5.41, 5.74) is -0.667. The summed E-state index contributed by atoms with van der Waals surface area (Å²) in [5.74, 6) is 0. The van der Waals surface area contributed by atoms with Crippen molar-refractivity contribution >= 4 is 11.6 Å². The van der Waals surface area contributed by atoms with Crippen LogP contribution in [0.25, 0.3) is 0 Å². The van der Waals surface area contributed by atoms with E-state index in [0.717, 1.165) is 0 Å². The van der Waals surface area contributed by atoms with Crippen molar-refractivity contribution < 1.29 is 13.2 Å². The highest BCUT2D eigenvalue weighted by Gasteiger charge is 2.38. The van der Waals surface area contributed by atoms with Crippen LogP contribution in [0.2, 0.25) is 5.02 Å². The lowest BCUT2D eigenvalue weighted by Crippen LogP contribution is -2.09. The molecule has 1 rings (SSSR count). The first-order valence-corrected chi connectivity index (χ1v) is 4.44. The van der Waals surface area contributed by atoms with Crippen molar-refractivity contribution in [3.63, 3.8) is 0 Å². The van der Waals surface area contributed by atoms with Crippen LogP contribution in [0.4, 0.5) is 13.2 Å². The van der Waals surface area contributed by atoms with Gasteiger partial charge in [0.15, 0.2) is 5.69 Å². The molecule has 2 nitrogen and oxygen atoms in total. The first kappa shape index (κ1) is 11.4. The molecule has 6 heteroatoms. The van der Waals surface area contributed by atoms with Gasteiger partial charge in [-0.05, 0) is 20.8 Å². The smallest absolute Gasteiger partial charge is 0.265 e. The minimum Gasteiger partial charge on any atom is -0.265 e. The molecule has 0 aromatic carbocycles. The van der Waals surface area contributed by atoms with Gasteiger partial charge in [0.05, 0.1) is 10.7 Å². The molecule has 14 heavy (non-hydrogen) atoms. The molecule has 0 bridgehead atoms. The summed E-state index contributed by atoms with van der Waals surface area (Å²) < 4.78 is 38.3. The van der Waals surface area contributed by atoms with Gasteiger partial charge in [0, 0.05) is 6.04 Å². The van der Waals surface area contributed by atoms with Crippen LogP contribution in [0.15, 0.2) is 0 Å². The van der Waals surface area contributed by atoms with Crippen molar-refractivity contribution in [2.24, 2.45) is 0 Å². The molecular weight excluding hydrogens is 217 g/mol. The van der Waals surface area contributed by atoms with Crippen LogP contribution in [-0.4, -0.2) is 9.78 Å². The molecule has 1 aromatic heterocycles. The summed E-state index contributed by atoms with van der Waals surface area (Å²) in [6.45, 7) is 5.01. The van der Waals surface area contributed by atoms with E-state index in [1.807, 2.05) is 0 Å². The maximum Gasteiger partial charge on any atom is 0.436 e. The van der Waals surface area contributed by atoms with Gasteiger partial charge in [0.1, 0.15) is 0 Å². The number of hydrogen-bond donors (Lipinski definition) is 0. The normalized spacial score (nSPS) is 12.6. The molecule has 80 valence electrons. The SMILES string of the molecule is Cc1c(Cl)c(C(F)(F)F)nn1C(C)C. The quantitative estimate of drug-likeness (QED) is 0.717. The summed E-state index contributed by atoms with van der Waals surface area (Å²) in [5, 5.41) is 3.13. The lowest BCUT2D eigenvalue weighted by molar-refractivity contribution is -0.141. The predicted octanol–water partition coefficient (Wildman–Crippen LogP) is 3.44. The van der Waals surface area contributed by atoms with Crippen LogP contribution >= 0.6 is 11.6 Å². The van der Waals surface area contributed by atoms with Gasteiger partial charge in [-0.3, -0.25) is 4.68 Å². The topological polar surface area (TPSA) is 17.8 Å². The van der Waals surface area contributed by atoms with Crippen molar-refractivity contribution in [2.45, 2.75) is 33.0 Å². The fraction of sp³-hybridized carbons (Fsp3) is 0.625. The van der Waals surface area contributed by atoms with Gasteiger partial charge in [-0.25, -0.2) is 0 Å². The van der Waals surface area contributed by atoms with E-state index in [1.54, 1.807) is 13.8 Å². The molecule has 0 radical (unpaired) electrons. The largest absolute Gasteiger partial charge is 0.436 e. The van der Waals surface area contributed by atoms with Crippen LogP contribution in [0.5, 0.6) is 0 Å². The van der Waals surface area contributed by atoms with Crippen LogP contribution < -0.4 is 0 Å². The summed E-state index contributed by atoms with van der Waals surface area (Å²) in [6, 6.07) is -0.136. The van der Waals surface area contributed by atoms with Crippen LogP contribution in [0.1, 0.15) is 31.3 Å². The van der Waals surface area contributed by atoms with Gasteiger partial charge in [-0.1, -0.05) is 11.6 Å². The second-order valence-corrected chi connectivity index (χ2v) is 3.66. The Morgan fingerprint density at radius 1 is 1.36 bits per heavy atom. The molecule has 1 heterocycles. The average molecular weight is 227 g/mol. The first-order chi connectivity index (χ1) is 6.25. The zero-order valence-corrected chi connectivity index (χ0v) is 8.74. The number of alkyl halides is 3. The highest BCUT2D eigenvalue weighted by atomic mass is 35.5. The highest BCUT2D eigenvalue weighted by molar-refractivity contribution is 6.31. The molecule has 0 spiro atoms. The van der Waals surface area contributed by atoms with E-state index in [4.69, 9.17) is 11.6 Å². The Balaban J connectivity index is 3.29. The lowest BCUT2D eigenvalue weighted by atomic mass is 10.3. The molecule has 0 fully saturated rings. The number of nitrogens with zero attached hydrogens (tertiary/aromatic N) is 2. The van der Waals surface area contributed by atoms with Crippen molar-refractivity contribution in [3.05, 3.63) is 16.4 Å². The zero-order valence-electron chi connectivity index (χ0n) is 7.98. The average Bonchev–Trinajstić information content (AvgIpc) is 2.28. The minimum absolute atomic E-state index is 0.136. The van der Waals surface area contributed by atoms with Crippen LogP contribution in [-0.2, 0) is 6.18 Å². The van der Waals surface area contributed by atoms with Crippen LogP contribution in [0, 0.1) is 6.92 Å². The molecule has 0 aliphatic rings. The molecule has 0 saturated heterocycles. The second kappa shape index (κ2) is 3.46. The molecule has 0 aliphatic heterocycles. The van der Waals surface area contributed by atoms with Crippen molar-refractivity contribution in [1.29, 1.82) is 0 Å². The maximum atomic E-state index is 12.3. The molecular formula is C8H10ClF3N2. The van der Waals surface area contributed by atoms with Gasteiger partial charge >= 0.3 is 6.18 Å². The van der Waals surface area contributed by atoms with E-state index in [9.17, 15) is 13.2 Å². The Kier molecular flexibility index (Phi) is 2.81. The van der Waals surface area contributed by atoms with Gasteiger partial charge in [0.25, 0.3) is 0 Å². The third kappa shape index (κ3) is 1.87. The molecule has 0 atom stereocenters. The fourth-order valence-electron chi connectivity index (χ4n) is 1.18. The minimum atomic E-state index is -4.48. The van der Waals surface area contributed by atoms with Gasteiger partial charge < -0.3 is 0 Å². The maximum absolute atomic E-state index is 12.3. The summed E-state index contributed by atoms with van der Waals surface area (Å²) in [4.78, 5) is 0. The second-order valence-electron chi connectivity index (χ2n) is 3.28. The number of halogens is 4. The Labute approximate surface area is 84.7 Å². The van der Waals surface area contributed by atoms with Crippen molar-refractivity contribution in [2.75, 3.05) is 0 Å². The molecule has 1 aromatic rings. The standard InChI is InChI=1S/C8H10ClF3N2/c1-4(2)14-5(3)6(9)7(13-14)8(10,11)12/h4H,1-3H3. The Hall–Kier alpha value is -0.710. The van der Waals surface area contributed by atoms with Gasteiger partial charge in [-0.2, -0.15) is 18.3 Å². The zero-order chi connectivity index (χ0) is 11.1. The molecule has 0 aliphatic carbocycles. The van der Waals surface area contributed by atoms with E-state index < -0.39 is 11.9 Å². The predicted molar refractivity (Wildman–Crippen MR) is 47.4 cm³/mol. The van der Waals surface area contributed by atoms with E-state index in [2.05, 4.69) is 5.10 Å².